The van der Waals surface area contributed by atoms with Crippen molar-refractivity contribution in [3.05, 3.63) is 473 Å². The van der Waals surface area contributed by atoms with Gasteiger partial charge in [-0.25, -0.2) is 15.0 Å². The van der Waals surface area contributed by atoms with Crippen molar-refractivity contribution in [3.8, 4) is 102 Å². The number of aromatic nitrogens is 9. The first kappa shape index (κ1) is 75.2. The molecule has 10 nitrogen and oxygen atoms in total. The molecule has 27 aromatic rings. The number of nitrogens with zero attached hydrogens (tertiary/aromatic N) is 10. The van der Waals surface area contributed by atoms with Crippen molar-refractivity contribution in [2.45, 2.75) is 0 Å². The van der Waals surface area contributed by atoms with Crippen LogP contribution in [0.5, 0.6) is 0 Å². The third-order valence-electron chi connectivity index (χ3n) is 27.2. The summed E-state index contributed by atoms with van der Waals surface area (Å²) in [5.74, 6) is 1.68. The van der Waals surface area contributed by atoms with Gasteiger partial charge in [0.25, 0.3) is 0 Å². The molecule has 27 rings (SSSR count). The maximum Gasteiger partial charge on any atom is 0.164 e. The molecule has 620 valence electrons. The standard InChI is InChI=1S/C123H78N10/c1-6-26-88(27-7-1)127(89-28-8-2-9-29-89)96-64-71-120-108(78-96)101-40-20-25-45-113(101)132(120)94-60-48-80(49-61-94)122-124-121(79-46-58-93(59-47-79)131-112-44-24-19-39-100(112)105-73-83(55-68-117(105)131)82-52-65-114-102(72-82)97-36-16-21-41-109(97)128(114)90-30-10-3-11-31-90)125-123(126-122)81-50-62-95(63-51-81)133-118-69-56-86(84-53-66-115-103(74-84)98-37-17-22-42-110(98)129(115)91-32-12-4-13-33-91)76-106(118)107-77-87(57-70-119(107)133)85-54-67-116-104(75-85)99-38-18-23-43-111(99)130(116)92-34-14-5-15-35-92/h1-78H. The maximum atomic E-state index is 5.49. The van der Waals surface area contributed by atoms with Crippen molar-refractivity contribution >= 4 is 148 Å². The van der Waals surface area contributed by atoms with Crippen molar-refractivity contribution < 1.29 is 0 Å². The molecule has 10 heteroatoms. The molecule has 0 bridgehead atoms. The van der Waals surface area contributed by atoms with Gasteiger partial charge in [0, 0.05) is 133 Å². The van der Waals surface area contributed by atoms with Crippen LogP contribution in [0, 0.1) is 0 Å². The van der Waals surface area contributed by atoms with E-state index in [1.54, 1.807) is 0 Å². The number of fused-ring (bicyclic) bond motifs is 18. The van der Waals surface area contributed by atoms with Gasteiger partial charge in [-0.05, 0) is 288 Å². The molecule has 7 aromatic heterocycles. The van der Waals surface area contributed by atoms with Crippen molar-refractivity contribution in [2.75, 3.05) is 4.90 Å². The van der Waals surface area contributed by atoms with Crippen LogP contribution in [0.1, 0.15) is 0 Å². The molecule has 7 heterocycles. The van der Waals surface area contributed by atoms with Crippen LogP contribution in [-0.4, -0.2) is 42.4 Å². The molecular weight excluding hydrogens is 1620 g/mol. The number of anilines is 3. The maximum absolute atomic E-state index is 5.49. The highest BCUT2D eigenvalue weighted by molar-refractivity contribution is 6.18. The Morgan fingerprint density at radius 1 is 0.128 bits per heavy atom. The summed E-state index contributed by atoms with van der Waals surface area (Å²) >= 11 is 0. The number of hydrogen-bond acceptors (Lipinski definition) is 4. The first-order chi connectivity index (χ1) is 65.9. The molecule has 0 radical (unpaired) electrons. The molecule has 0 spiro atoms. The smallest absolute Gasteiger partial charge is 0.164 e. The second-order valence-electron chi connectivity index (χ2n) is 34.7. The van der Waals surface area contributed by atoms with E-state index in [1.807, 2.05) is 0 Å². The van der Waals surface area contributed by atoms with Crippen LogP contribution in [0.3, 0.4) is 0 Å². The van der Waals surface area contributed by atoms with Crippen molar-refractivity contribution in [1.82, 2.24) is 42.4 Å². The highest BCUT2D eigenvalue weighted by atomic mass is 15.1. The molecule has 0 saturated carbocycles. The zero-order valence-corrected chi connectivity index (χ0v) is 72.0. The van der Waals surface area contributed by atoms with Crippen LogP contribution in [0.15, 0.2) is 473 Å². The lowest BCUT2D eigenvalue weighted by Crippen LogP contribution is -2.09. The Morgan fingerprint density at radius 2 is 0.308 bits per heavy atom. The highest BCUT2D eigenvalue weighted by Crippen LogP contribution is 2.47. The van der Waals surface area contributed by atoms with Gasteiger partial charge >= 0.3 is 0 Å². The largest absolute Gasteiger partial charge is 0.310 e. The van der Waals surface area contributed by atoms with Gasteiger partial charge in [-0.2, -0.15) is 0 Å². The van der Waals surface area contributed by atoms with Gasteiger partial charge in [0.2, 0.25) is 0 Å². The molecule has 20 aromatic carbocycles. The van der Waals surface area contributed by atoms with E-state index in [2.05, 4.69) is 505 Å². The van der Waals surface area contributed by atoms with Crippen molar-refractivity contribution in [3.63, 3.8) is 0 Å². The van der Waals surface area contributed by atoms with Gasteiger partial charge in [-0.15, -0.1) is 0 Å². The molecule has 0 aliphatic carbocycles. The van der Waals surface area contributed by atoms with E-state index in [4.69, 9.17) is 15.0 Å². The fourth-order valence-corrected chi connectivity index (χ4v) is 21.1. The van der Waals surface area contributed by atoms with Gasteiger partial charge < -0.3 is 32.3 Å². The molecule has 0 unspecified atom stereocenters. The molecular formula is C123H78N10. The molecule has 0 fully saturated rings. The second-order valence-corrected chi connectivity index (χ2v) is 34.7. The van der Waals surface area contributed by atoms with Crippen LogP contribution in [0.4, 0.5) is 17.1 Å². The average molecular weight is 1700 g/mol. The lowest BCUT2D eigenvalue weighted by atomic mass is 9.98. The molecule has 0 N–H and O–H groups in total. The topological polar surface area (TPSA) is 71.5 Å². The average Bonchev–Trinajstić information content (AvgIpc) is 1.59. The van der Waals surface area contributed by atoms with E-state index in [0.717, 1.165) is 145 Å². The number of para-hydroxylation sites is 10. The van der Waals surface area contributed by atoms with Gasteiger partial charge in [0.05, 0.1) is 66.2 Å². The number of benzene rings is 20. The minimum absolute atomic E-state index is 0.557. The monoisotopic (exact) mass is 1690 g/mol. The summed E-state index contributed by atoms with van der Waals surface area (Å²) in [6.45, 7) is 0. The van der Waals surface area contributed by atoms with E-state index in [0.29, 0.717) is 17.5 Å². The summed E-state index contributed by atoms with van der Waals surface area (Å²) in [6, 6.07) is 172. The zero-order valence-electron chi connectivity index (χ0n) is 72.0. The summed E-state index contributed by atoms with van der Waals surface area (Å²) in [6.07, 6.45) is 0. The summed E-state index contributed by atoms with van der Waals surface area (Å²) in [4.78, 5) is 18.8. The Kier molecular flexibility index (Phi) is 17.2. The lowest BCUT2D eigenvalue weighted by Gasteiger charge is -2.25. The third-order valence-corrected chi connectivity index (χ3v) is 27.2. The second kappa shape index (κ2) is 30.4. The molecule has 0 atom stereocenters. The Balaban J connectivity index is 0.585. The Hall–Kier alpha value is -18.0. The van der Waals surface area contributed by atoms with Crippen LogP contribution in [-0.2, 0) is 0 Å². The number of hydrogen-bond donors (Lipinski definition) is 0. The van der Waals surface area contributed by atoms with Crippen LogP contribution in [0.25, 0.3) is 233 Å². The van der Waals surface area contributed by atoms with Crippen LogP contribution in [0.2, 0.25) is 0 Å². The van der Waals surface area contributed by atoms with Crippen LogP contribution >= 0.6 is 0 Å². The lowest BCUT2D eigenvalue weighted by molar-refractivity contribution is 1.07. The summed E-state index contributed by atoms with van der Waals surface area (Å²) in [7, 11) is 0. The molecule has 0 aliphatic rings. The minimum Gasteiger partial charge on any atom is -0.310 e. The van der Waals surface area contributed by atoms with Gasteiger partial charge in [0.15, 0.2) is 17.5 Å². The predicted molar refractivity (Wildman–Crippen MR) is 553 cm³/mol. The van der Waals surface area contributed by atoms with Gasteiger partial charge in [-0.3, -0.25) is 0 Å². The van der Waals surface area contributed by atoms with Crippen molar-refractivity contribution in [2.24, 2.45) is 0 Å². The highest BCUT2D eigenvalue weighted by Gasteiger charge is 2.25. The fraction of sp³-hybridized carbons (Fsp3) is 0. The Labute approximate surface area is 764 Å². The van der Waals surface area contributed by atoms with Crippen molar-refractivity contribution in [1.29, 1.82) is 0 Å². The quantitative estimate of drug-likeness (QED) is 0.103. The van der Waals surface area contributed by atoms with E-state index in [1.165, 1.54) is 87.1 Å². The molecule has 0 aliphatic heterocycles. The van der Waals surface area contributed by atoms with E-state index in [-0.39, 0.29) is 0 Å². The first-order valence-electron chi connectivity index (χ1n) is 45.4. The van der Waals surface area contributed by atoms with Crippen LogP contribution < -0.4 is 4.90 Å². The van der Waals surface area contributed by atoms with Gasteiger partial charge in [0.1, 0.15) is 0 Å². The Morgan fingerprint density at radius 3 is 0.556 bits per heavy atom. The molecule has 133 heavy (non-hydrogen) atoms. The zero-order chi connectivity index (χ0) is 87.3. The normalized spacial score (nSPS) is 11.9. The molecule has 0 saturated heterocycles. The third kappa shape index (κ3) is 12.2. The SMILES string of the molecule is c1ccc(N(c2ccccc2)c2ccc3c(c2)c2ccccc2n3-c2ccc(-c3nc(-c4ccc(-n5c6ccccc6c6cc(-c7ccc8c(c7)c7ccccc7n8-c7ccccc7)ccc65)cc4)nc(-c4ccc(-n5c6ccc(-c7ccc8c(c7)c7ccccc7n8-c7ccccc7)cc6c6cc(-c7ccc8c(c7)c7ccccc7n8-c7ccccc7)ccc65)cc4)n3)cc2)cc1. The van der Waals surface area contributed by atoms with E-state index < -0.39 is 0 Å². The molecule has 0 amide bonds. The van der Waals surface area contributed by atoms with E-state index >= 15 is 0 Å². The predicted octanol–water partition coefficient (Wildman–Crippen LogP) is 31.9. The van der Waals surface area contributed by atoms with E-state index in [9.17, 15) is 0 Å². The summed E-state index contributed by atoms with van der Waals surface area (Å²) in [5.41, 5.74) is 32.9. The minimum atomic E-state index is 0.557. The number of rotatable bonds is 15. The summed E-state index contributed by atoms with van der Waals surface area (Å²) < 4.78 is 14.3. The Bertz CT molecular complexity index is 9100. The van der Waals surface area contributed by atoms with Gasteiger partial charge in [-0.1, -0.05) is 218 Å². The summed E-state index contributed by atoms with van der Waals surface area (Å²) in [5, 5.41) is 14.3. The fourth-order valence-electron chi connectivity index (χ4n) is 21.1. The first-order valence-corrected chi connectivity index (χ1v) is 45.4.